The van der Waals surface area contributed by atoms with Crippen molar-refractivity contribution in [1.82, 2.24) is 0 Å². The first-order valence-corrected chi connectivity index (χ1v) is 7.39. The minimum absolute atomic E-state index is 0.606. The summed E-state index contributed by atoms with van der Waals surface area (Å²) in [6, 6.07) is 6.10. The first-order valence-electron chi connectivity index (χ1n) is 6.51. The summed E-state index contributed by atoms with van der Waals surface area (Å²) in [7, 11) is 1.68. The molecule has 0 aliphatic heterocycles. The van der Waals surface area contributed by atoms with Crippen LogP contribution >= 0.6 is 11.3 Å². The molecule has 0 atom stereocenters. The maximum Gasteiger partial charge on any atom is 0.120 e. The molecule has 0 amide bonds. The van der Waals surface area contributed by atoms with Crippen LogP contribution in [0.25, 0.3) is 10.1 Å². The van der Waals surface area contributed by atoms with E-state index >= 15 is 0 Å². The third-order valence-corrected chi connectivity index (χ3v) is 4.91. The van der Waals surface area contributed by atoms with Gasteiger partial charge in [0.2, 0.25) is 0 Å². The minimum atomic E-state index is -0.606. The molecule has 0 saturated heterocycles. The van der Waals surface area contributed by atoms with Crippen molar-refractivity contribution in [2.45, 2.75) is 37.7 Å². The highest BCUT2D eigenvalue weighted by Crippen LogP contribution is 2.42. The first kappa shape index (κ1) is 12.0. The molecule has 1 aliphatic carbocycles. The summed E-state index contributed by atoms with van der Waals surface area (Å²) in [5, 5.41) is 14.1. The second-order valence-electron chi connectivity index (χ2n) is 5.10. The van der Waals surface area contributed by atoms with Crippen LogP contribution in [0.3, 0.4) is 0 Å². The molecule has 1 N–H and O–H groups in total. The van der Waals surface area contributed by atoms with Crippen molar-refractivity contribution in [2.24, 2.45) is 0 Å². The van der Waals surface area contributed by atoms with Crippen LogP contribution in [0.15, 0.2) is 23.6 Å². The number of aliphatic hydroxyl groups is 1. The van der Waals surface area contributed by atoms with E-state index in [0.29, 0.717) is 0 Å². The summed E-state index contributed by atoms with van der Waals surface area (Å²) in [6.07, 6.45) is 5.29. The fourth-order valence-corrected chi connectivity index (χ4v) is 3.98. The summed E-state index contributed by atoms with van der Waals surface area (Å²) < 4.78 is 6.44. The lowest BCUT2D eigenvalue weighted by Crippen LogP contribution is -2.27. The molecule has 2 aromatic rings. The van der Waals surface area contributed by atoms with Gasteiger partial charge in [-0.2, -0.15) is 0 Å². The third kappa shape index (κ3) is 1.91. The Balaban J connectivity index is 2.06. The number of methoxy groups -OCH3 is 1. The Labute approximate surface area is 111 Å². The van der Waals surface area contributed by atoms with Crippen LogP contribution in [0.2, 0.25) is 0 Å². The lowest BCUT2D eigenvalue weighted by Gasteiger charge is -2.32. The standard InChI is InChI=1S/C15H18O2S/c1-17-11-5-6-12-13(10-18-14(12)9-11)15(16)7-3-2-4-8-15/h5-6,9-10,16H,2-4,7-8H2,1H3. The first-order chi connectivity index (χ1) is 8.73. The summed E-state index contributed by atoms with van der Waals surface area (Å²) in [6.45, 7) is 0. The van der Waals surface area contributed by atoms with Crippen molar-refractivity contribution in [2.75, 3.05) is 7.11 Å². The highest BCUT2D eigenvalue weighted by Gasteiger charge is 2.33. The molecule has 1 fully saturated rings. The summed E-state index contributed by atoms with van der Waals surface area (Å²) >= 11 is 1.70. The zero-order valence-corrected chi connectivity index (χ0v) is 11.4. The van der Waals surface area contributed by atoms with E-state index in [1.54, 1.807) is 18.4 Å². The molecule has 1 aromatic carbocycles. The zero-order valence-electron chi connectivity index (χ0n) is 10.6. The van der Waals surface area contributed by atoms with Crippen LogP contribution in [-0.4, -0.2) is 12.2 Å². The Kier molecular flexibility index (Phi) is 3.04. The topological polar surface area (TPSA) is 29.5 Å². The van der Waals surface area contributed by atoms with E-state index in [0.717, 1.165) is 37.0 Å². The second kappa shape index (κ2) is 4.56. The molecule has 18 heavy (non-hydrogen) atoms. The third-order valence-electron chi connectivity index (χ3n) is 3.96. The van der Waals surface area contributed by atoms with Gasteiger partial charge in [0.15, 0.2) is 0 Å². The fourth-order valence-electron chi connectivity index (χ4n) is 2.90. The highest BCUT2D eigenvalue weighted by molar-refractivity contribution is 7.17. The molecule has 1 aliphatic rings. The van der Waals surface area contributed by atoms with Gasteiger partial charge in [0.1, 0.15) is 5.75 Å². The Morgan fingerprint density at radius 3 is 2.72 bits per heavy atom. The smallest absolute Gasteiger partial charge is 0.120 e. The van der Waals surface area contributed by atoms with Crippen molar-refractivity contribution >= 4 is 21.4 Å². The number of fused-ring (bicyclic) bond motifs is 1. The number of rotatable bonds is 2. The van der Waals surface area contributed by atoms with Crippen molar-refractivity contribution in [3.8, 4) is 5.75 Å². The van der Waals surface area contributed by atoms with Gasteiger partial charge in [-0.05, 0) is 41.8 Å². The number of benzene rings is 1. The predicted molar refractivity (Wildman–Crippen MR) is 75.4 cm³/mol. The monoisotopic (exact) mass is 262 g/mol. The summed E-state index contributed by atoms with van der Waals surface area (Å²) in [5.41, 5.74) is 0.510. The van der Waals surface area contributed by atoms with Gasteiger partial charge in [0.25, 0.3) is 0 Å². The Bertz CT molecular complexity index is 553. The van der Waals surface area contributed by atoms with Crippen molar-refractivity contribution in [3.63, 3.8) is 0 Å². The molecule has 1 aromatic heterocycles. The molecule has 0 bridgehead atoms. The van der Waals surface area contributed by atoms with Crippen LogP contribution in [-0.2, 0) is 5.60 Å². The average molecular weight is 262 g/mol. The lowest BCUT2D eigenvalue weighted by atomic mass is 9.80. The average Bonchev–Trinajstić information content (AvgIpc) is 2.83. The van der Waals surface area contributed by atoms with Crippen molar-refractivity contribution < 1.29 is 9.84 Å². The normalized spacial score (nSPS) is 19.0. The van der Waals surface area contributed by atoms with Gasteiger partial charge in [-0.1, -0.05) is 19.3 Å². The van der Waals surface area contributed by atoms with E-state index in [9.17, 15) is 5.11 Å². The Hall–Kier alpha value is -1.06. The van der Waals surface area contributed by atoms with Crippen LogP contribution in [0.1, 0.15) is 37.7 Å². The summed E-state index contributed by atoms with van der Waals surface area (Å²) in [4.78, 5) is 0. The van der Waals surface area contributed by atoms with Crippen LogP contribution in [0.4, 0.5) is 0 Å². The van der Waals surface area contributed by atoms with Crippen LogP contribution in [0.5, 0.6) is 5.75 Å². The summed E-state index contributed by atoms with van der Waals surface area (Å²) in [5.74, 6) is 0.881. The Morgan fingerprint density at radius 1 is 1.22 bits per heavy atom. The van der Waals surface area contributed by atoms with Gasteiger partial charge in [0, 0.05) is 10.3 Å². The second-order valence-corrected chi connectivity index (χ2v) is 6.01. The molecule has 0 radical (unpaired) electrons. The van der Waals surface area contributed by atoms with E-state index in [4.69, 9.17) is 4.74 Å². The van der Waals surface area contributed by atoms with Gasteiger partial charge in [-0.3, -0.25) is 0 Å². The highest BCUT2D eigenvalue weighted by atomic mass is 32.1. The molecule has 3 heteroatoms. The van der Waals surface area contributed by atoms with E-state index < -0.39 is 5.60 Å². The number of hydrogen-bond donors (Lipinski definition) is 1. The number of ether oxygens (including phenoxy) is 1. The molecule has 1 heterocycles. The Morgan fingerprint density at radius 2 is 2.00 bits per heavy atom. The molecule has 0 spiro atoms. The van der Waals surface area contributed by atoms with Crippen molar-refractivity contribution in [3.05, 3.63) is 29.1 Å². The van der Waals surface area contributed by atoms with E-state index in [2.05, 4.69) is 17.5 Å². The van der Waals surface area contributed by atoms with E-state index in [1.807, 2.05) is 6.07 Å². The maximum absolute atomic E-state index is 10.8. The lowest BCUT2D eigenvalue weighted by molar-refractivity contribution is 0.00108. The van der Waals surface area contributed by atoms with E-state index in [-0.39, 0.29) is 0 Å². The SMILES string of the molecule is COc1ccc2c(C3(O)CCCCC3)csc2c1. The molecule has 96 valence electrons. The van der Waals surface area contributed by atoms with Crippen molar-refractivity contribution in [1.29, 1.82) is 0 Å². The van der Waals surface area contributed by atoms with Gasteiger partial charge in [-0.15, -0.1) is 11.3 Å². The van der Waals surface area contributed by atoms with E-state index in [1.165, 1.54) is 16.5 Å². The number of thiophene rings is 1. The van der Waals surface area contributed by atoms with Gasteiger partial charge < -0.3 is 9.84 Å². The van der Waals surface area contributed by atoms with Gasteiger partial charge >= 0.3 is 0 Å². The molecule has 3 rings (SSSR count). The molecule has 0 unspecified atom stereocenters. The molecular formula is C15H18O2S. The van der Waals surface area contributed by atoms with Crippen LogP contribution < -0.4 is 4.74 Å². The van der Waals surface area contributed by atoms with Gasteiger partial charge in [0.05, 0.1) is 12.7 Å². The minimum Gasteiger partial charge on any atom is -0.497 e. The number of hydrogen-bond acceptors (Lipinski definition) is 3. The van der Waals surface area contributed by atoms with Gasteiger partial charge in [-0.25, -0.2) is 0 Å². The van der Waals surface area contributed by atoms with Crippen LogP contribution in [0, 0.1) is 0 Å². The zero-order chi connectivity index (χ0) is 12.6. The predicted octanol–water partition coefficient (Wildman–Crippen LogP) is 4.06. The molecule has 1 saturated carbocycles. The molecular weight excluding hydrogens is 244 g/mol. The fraction of sp³-hybridized carbons (Fsp3) is 0.467. The quantitative estimate of drug-likeness (QED) is 0.884. The largest absolute Gasteiger partial charge is 0.497 e. The molecule has 2 nitrogen and oxygen atoms in total. The maximum atomic E-state index is 10.8.